The van der Waals surface area contributed by atoms with Crippen molar-refractivity contribution >= 4 is 18.0 Å². The van der Waals surface area contributed by atoms with E-state index in [-0.39, 0.29) is 0 Å². The zero-order valence-corrected chi connectivity index (χ0v) is 16.7. The van der Waals surface area contributed by atoms with E-state index < -0.39 is 0 Å². The van der Waals surface area contributed by atoms with Gasteiger partial charge in [0.1, 0.15) is 12.1 Å². The fourth-order valence-corrected chi connectivity index (χ4v) is 3.44. The third-order valence-electron chi connectivity index (χ3n) is 3.76. The molecule has 0 spiro atoms. The predicted molar refractivity (Wildman–Crippen MR) is 104 cm³/mol. The van der Waals surface area contributed by atoms with Gasteiger partial charge in [-0.05, 0) is 38.5 Å². The molecule has 26 heavy (non-hydrogen) atoms. The second-order valence-electron chi connectivity index (χ2n) is 6.05. The number of hydrogen-bond acceptors (Lipinski definition) is 6. The Hall–Kier alpha value is -2.02. The molecule has 1 aromatic carbocycles. The number of ether oxygens (including phenoxy) is 2. The Bertz CT molecular complexity index is 716. The minimum atomic E-state index is 0.367. The van der Waals surface area contributed by atoms with Crippen molar-refractivity contribution in [2.75, 3.05) is 19.0 Å². The number of aromatic nitrogens is 3. The van der Waals surface area contributed by atoms with Crippen LogP contribution >= 0.6 is 11.8 Å². The summed E-state index contributed by atoms with van der Waals surface area (Å²) in [6.07, 6.45) is 1.68. The van der Waals surface area contributed by atoms with E-state index in [1.54, 1.807) is 30.0 Å². The zero-order valence-electron chi connectivity index (χ0n) is 15.9. The summed E-state index contributed by atoms with van der Waals surface area (Å²) in [5.74, 6) is 3.57. The molecular formula is C19H27N3O3S. The van der Waals surface area contributed by atoms with Crippen LogP contribution in [0, 0.1) is 0 Å². The monoisotopic (exact) mass is 377 g/mol. The quantitative estimate of drug-likeness (QED) is 0.332. The van der Waals surface area contributed by atoms with E-state index in [1.165, 1.54) is 0 Å². The van der Waals surface area contributed by atoms with E-state index in [2.05, 4.69) is 35.5 Å². The Kier molecular flexibility index (Phi) is 7.97. The van der Waals surface area contributed by atoms with Gasteiger partial charge in [-0.2, -0.15) is 0 Å². The van der Waals surface area contributed by atoms with Crippen molar-refractivity contribution in [3.8, 4) is 11.5 Å². The second kappa shape index (κ2) is 10.2. The van der Waals surface area contributed by atoms with Crippen LogP contribution in [0.3, 0.4) is 0 Å². The van der Waals surface area contributed by atoms with E-state index in [4.69, 9.17) is 9.47 Å². The van der Waals surface area contributed by atoms with Crippen molar-refractivity contribution in [3.63, 3.8) is 0 Å². The standard InChI is InChI=1S/C19H27N3O3S/c1-5-22-18(14(3)4)20-21-19(22)26-11-7-10-25-16-9-8-15(13-23)12-17(16)24-6-2/h8-9,12-14H,5-7,10-11H2,1-4H3. The highest BCUT2D eigenvalue weighted by molar-refractivity contribution is 7.99. The van der Waals surface area contributed by atoms with E-state index in [0.717, 1.165) is 36.0 Å². The summed E-state index contributed by atoms with van der Waals surface area (Å²) in [5.41, 5.74) is 0.580. The van der Waals surface area contributed by atoms with Crippen LogP contribution in [0.5, 0.6) is 11.5 Å². The summed E-state index contributed by atoms with van der Waals surface area (Å²) in [4.78, 5) is 10.9. The van der Waals surface area contributed by atoms with Crippen LogP contribution in [-0.4, -0.2) is 40.0 Å². The first-order valence-corrected chi connectivity index (χ1v) is 9.99. The summed E-state index contributed by atoms with van der Waals surface area (Å²) in [6.45, 7) is 10.3. The molecule has 2 rings (SSSR count). The highest BCUT2D eigenvalue weighted by Gasteiger charge is 2.13. The minimum absolute atomic E-state index is 0.367. The molecule has 1 heterocycles. The summed E-state index contributed by atoms with van der Waals surface area (Å²) in [7, 11) is 0. The molecule has 0 fully saturated rings. The average Bonchev–Trinajstić information content (AvgIpc) is 3.05. The van der Waals surface area contributed by atoms with Crippen LogP contribution in [-0.2, 0) is 6.54 Å². The van der Waals surface area contributed by atoms with Crippen LogP contribution in [0.4, 0.5) is 0 Å². The van der Waals surface area contributed by atoms with Gasteiger partial charge in [-0.3, -0.25) is 4.79 Å². The fourth-order valence-electron chi connectivity index (χ4n) is 2.52. The molecule has 0 unspecified atom stereocenters. The van der Waals surface area contributed by atoms with Gasteiger partial charge in [0.25, 0.3) is 0 Å². The minimum Gasteiger partial charge on any atom is -0.490 e. The SMILES string of the molecule is CCOc1cc(C=O)ccc1OCCCSc1nnc(C(C)C)n1CC. The van der Waals surface area contributed by atoms with Gasteiger partial charge in [0.05, 0.1) is 13.2 Å². The molecule has 6 nitrogen and oxygen atoms in total. The Morgan fingerprint density at radius 2 is 2.00 bits per heavy atom. The Balaban J connectivity index is 1.85. The zero-order chi connectivity index (χ0) is 18.9. The Morgan fingerprint density at radius 3 is 2.65 bits per heavy atom. The maximum Gasteiger partial charge on any atom is 0.191 e. The molecule has 0 atom stereocenters. The van der Waals surface area contributed by atoms with E-state index in [9.17, 15) is 4.79 Å². The first-order chi connectivity index (χ1) is 12.6. The number of aldehydes is 1. The number of nitrogens with zero attached hydrogens (tertiary/aromatic N) is 3. The smallest absolute Gasteiger partial charge is 0.191 e. The van der Waals surface area contributed by atoms with Crippen molar-refractivity contribution in [2.24, 2.45) is 0 Å². The lowest BCUT2D eigenvalue weighted by Crippen LogP contribution is -2.05. The lowest BCUT2D eigenvalue weighted by molar-refractivity contribution is 0.112. The normalized spacial score (nSPS) is 11.0. The maximum atomic E-state index is 10.9. The van der Waals surface area contributed by atoms with E-state index in [0.29, 0.717) is 36.2 Å². The maximum absolute atomic E-state index is 10.9. The molecule has 0 aliphatic rings. The molecule has 0 aliphatic heterocycles. The predicted octanol–water partition coefficient (Wildman–Crippen LogP) is 4.19. The summed E-state index contributed by atoms with van der Waals surface area (Å²) in [5, 5.41) is 9.56. The summed E-state index contributed by atoms with van der Waals surface area (Å²) >= 11 is 1.70. The van der Waals surface area contributed by atoms with Crippen LogP contribution in [0.25, 0.3) is 0 Å². The number of benzene rings is 1. The van der Waals surface area contributed by atoms with Gasteiger partial charge < -0.3 is 14.0 Å². The van der Waals surface area contributed by atoms with Gasteiger partial charge >= 0.3 is 0 Å². The van der Waals surface area contributed by atoms with Crippen molar-refractivity contribution in [3.05, 3.63) is 29.6 Å². The van der Waals surface area contributed by atoms with Crippen LogP contribution in [0.1, 0.15) is 56.2 Å². The van der Waals surface area contributed by atoms with Crippen LogP contribution < -0.4 is 9.47 Å². The molecule has 7 heteroatoms. The Labute approximate surface area is 159 Å². The summed E-state index contributed by atoms with van der Waals surface area (Å²) < 4.78 is 13.5. The first kappa shape index (κ1) is 20.3. The molecule has 0 bridgehead atoms. The molecule has 0 saturated heterocycles. The Morgan fingerprint density at radius 1 is 1.19 bits per heavy atom. The lowest BCUT2D eigenvalue weighted by Gasteiger charge is -2.12. The highest BCUT2D eigenvalue weighted by Crippen LogP contribution is 2.28. The number of thioether (sulfide) groups is 1. The average molecular weight is 378 g/mol. The largest absolute Gasteiger partial charge is 0.490 e. The van der Waals surface area contributed by atoms with Gasteiger partial charge in [-0.25, -0.2) is 0 Å². The molecule has 0 radical (unpaired) electrons. The van der Waals surface area contributed by atoms with Gasteiger partial charge in [0, 0.05) is 23.8 Å². The molecule has 1 aromatic heterocycles. The lowest BCUT2D eigenvalue weighted by atomic mass is 10.2. The topological polar surface area (TPSA) is 66.2 Å². The second-order valence-corrected chi connectivity index (χ2v) is 7.11. The van der Waals surface area contributed by atoms with Crippen LogP contribution in [0.2, 0.25) is 0 Å². The summed E-state index contributed by atoms with van der Waals surface area (Å²) in [6, 6.07) is 5.22. The number of carbonyl (C=O) groups excluding carboxylic acids is 1. The molecular weight excluding hydrogens is 350 g/mol. The fraction of sp³-hybridized carbons (Fsp3) is 0.526. The van der Waals surface area contributed by atoms with Gasteiger partial charge in [-0.15, -0.1) is 10.2 Å². The van der Waals surface area contributed by atoms with Crippen LogP contribution in [0.15, 0.2) is 23.4 Å². The highest BCUT2D eigenvalue weighted by atomic mass is 32.2. The van der Waals surface area contributed by atoms with Gasteiger partial charge in [-0.1, -0.05) is 25.6 Å². The molecule has 0 amide bonds. The molecule has 142 valence electrons. The van der Waals surface area contributed by atoms with Gasteiger partial charge in [0.2, 0.25) is 0 Å². The number of hydrogen-bond donors (Lipinski definition) is 0. The molecule has 0 aliphatic carbocycles. The van der Waals surface area contributed by atoms with E-state index >= 15 is 0 Å². The number of carbonyl (C=O) groups is 1. The number of rotatable bonds is 11. The van der Waals surface area contributed by atoms with Crippen molar-refractivity contribution < 1.29 is 14.3 Å². The van der Waals surface area contributed by atoms with Crippen molar-refractivity contribution in [2.45, 2.75) is 51.7 Å². The molecule has 0 saturated carbocycles. The van der Waals surface area contributed by atoms with Gasteiger partial charge in [0.15, 0.2) is 16.7 Å². The molecule has 0 N–H and O–H groups in total. The van der Waals surface area contributed by atoms with E-state index in [1.807, 2.05) is 6.92 Å². The van der Waals surface area contributed by atoms with Crippen molar-refractivity contribution in [1.29, 1.82) is 0 Å². The first-order valence-electron chi connectivity index (χ1n) is 9.01. The third-order valence-corrected chi connectivity index (χ3v) is 4.81. The molecule has 2 aromatic rings. The van der Waals surface area contributed by atoms with Crippen molar-refractivity contribution in [1.82, 2.24) is 14.8 Å². The third kappa shape index (κ3) is 5.24.